The third-order valence-electron chi connectivity index (χ3n) is 2.37. The van der Waals surface area contributed by atoms with Crippen molar-refractivity contribution < 1.29 is 14.7 Å². The quantitative estimate of drug-likeness (QED) is 0.800. The van der Waals surface area contributed by atoms with Crippen LogP contribution in [0.3, 0.4) is 0 Å². The molecule has 0 aliphatic carbocycles. The lowest BCUT2D eigenvalue weighted by Crippen LogP contribution is -2.32. The first-order chi connectivity index (χ1) is 8.13. The molecule has 6 heteroatoms. The lowest BCUT2D eigenvalue weighted by molar-refractivity contribution is -0.140. The van der Waals surface area contributed by atoms with E-state index in [-0.39, 0.29) is 18.7 Å². The zero-order valence-corrected chi connectivity index (χ0v) is 10.6. The molecule has 0 radical (unpaired) electrons. The standard InChI is InChI=1S/C11H16N2O3S/c1-2-13(10(14)3-4-11(15)16)7-5-9-12-6-8-17-9/h6,8H,2-5,7H2,1H3,(H,15,16). The van der Waals surface area contributed by atoms with Crippen LogP contribution in [0.2, 0.25) is 0 Å². The van der Waals surface area contributed by atoms with Gasteiger partial charge in [0.2, 0.25) is 5.91 Å². The molecule has 94 valence electrons. The van der Waals surface area contributed by atoms with Gasteiger partial charge in [-0.15, -0.1) is 11.3 Å². The third-order valence-corrected chi connectivity index (χ3v) is 3.21. The fourth-order valence-electron chi connectivity index (χ4n) is 1.44. The van der Waals surface area contributed by atoms with Crippen LogP contribution >= 0.6 is 11.3 Å². The Morgan fingerprint density at radius 1 is 1.47 bits per heavy atom. The Balaban J connectivity index is 2.36. The summed E-state index contributed by atoms with van der Waals surface area (Å²) in [5, 5.41) is 11.4. The van der Waals surface area contributed by atoms with E-state index in [0.717, 1.165) is 11.4 Å². The molecule has 0 spiro atoms. The van der Waals surface area contributed by atoms with E-state index in [0.29, 0.717) is 13.1 Å². The van der Waals surface area contributed by atoms with E-state index >= 15 is 0 Å². The first-order valence-electron chi connectivity index (χ1n) is 5.51. The fourth-order valence-corrected chi connectivity index (χ4v) is 2.05. The summed E-state index contributed by atoms with van der Waals surface area (Å²) in [7, 11) is 0. The van der Waals surface area contributed by atoms with Crippen LogP contribution < -0.4 is 0 Å². The topological polar surface area (TPSA) is 70.5 Å². The van der Waals surface area contributed by atoms with E-state index in [1.807, 2.05) is 12.3 Å². The van der Waals surface area contributed by atoms with Crippen LogP contribution in [0.1, 0.15) is 24.8 Å². The number of hydrogen-bond donors (Lipinski definition) is 1. The van der Waals surface area contributed by atoms with Gasteiger partial charge >= 0.3 is 5.97 Å². The van der Waals surface area contributed by atoms with Gasteiger partial charge in [0.1, 0.15) is 0 Å². The Morgan fingerprint density at radius 2 is 2.24 bits per heavy atom. The Kier molecular flexibility index (Phi) is 5.62. The highest BCUT2D eigenvalue weighted by Gasteiger charge is 2.13. The SMILES string of the molecule is CCN(CCc1nccs1)C(=O)CCC(=O)O. The minimum atomic E-state index is -0.936. The molecule has 0 atom stereocenters. The summed E-state index contributed by atoms with van der Waals surface area (Å²) in [5.74, 6) is -1.04. The number of nitrogens with zero attached hydrogens (tertiary/aromatic N) is 2. The van der Waals surface area contributed by atoms with Gasteiger partial charge < -0.3 is 10.0 Å². The van der Waals surface area contributed by atoms with Crippen LogP contribution in [0.15, 0.2) is 11.6 Å². The van der Waals surface area contributed by atoms with Gasteiger partial charge in [-0.2, -0.15) is 0 Å². The number of aliphatic carboxylic acids is 1. The molecule has 0 aromatic carbocycles. The summed E-state index contributed by atoms with van der Waals surface area (Å²) in [5.41, 5.74) is 0. The smallest absolute Gasteiger partial charge is 0.303 e. The zero-order valence-electron chi connectivity index (χ0n) is 9.76. The van der Waals surface area contributed by atoms with Crippen molar-refractivity contribution in [3.63, 3.8) is 0 Å². The molecule has 0 fully saturated rings. The number of hydrogen-bond acceptors (Lipinski definition) is 4. The molecule has 1 amide bonds. The lowest BCUT2D eigenvalue weighted by atomic mass is 10.2. The summed E-state index contributed by atoms with van der Waals surface area (Å²) in [6.45, 7) is 3.09. The number of carbonyl (C=O) groups is 2. The summed E-state index contributed by atoms with van der Waals surface area (Å²) in [6.07, 6.45) is 2.43. The van der Waals surface area contributed by atoms with Gasteiger partial charge in [0.05, 0.1) is 11.4 Å². The molecule has 0 saturated heterocycles. The molecule has 1 aromatic heterocycles. The van der Waals surface area contributed by atoms with E-state index in [1.54, 1.807) is 22.4 Å². The van der Waals surface area contributed by atoms with Crippen molar-refractivity contribution in [2.75, 3.05) is 13.1 Å². The molecular formula is C11H16N2O3S. The van der Waals surface area contributed by atoms with E-state index < -0.39 is 5.97 Å². The number of likely N-dealkylation sites (N-methyl/N-ethyl adjacent to an activating group) is 1. The van der Waals surface area contributed by atoms with Gasteiger partial charge in [-0.3, -0.25) is 9.59 Å². The normalized spacial score (nSPS) is 10.2. The van der Waals surface area contributed by atoms with Gasteiger partial charge in [-0.25, -0.2) is 4.98 Å². The predicted molar refractivity (Wildman–Crippen MR) is 64.9 cm³/mol. The molecule has 1 aromatic rings. The Bertz CT molecular complexity index is 365. The monoisotopic (exact) mass is 256 g/mol. The van der Waals surface area contributed by atoms with Gasteiger partial charge in [-0.05, 0) is 6.92 Å². The highest BCUT2D eigenvalue weighted by molar-refractivity contribution is 7.09. The zero-order chi connectivity index (χ0) is 12.7. The average molecular weight is 256 g/mol. The summed E-state index contributed by atoms with van der Waals surface area (Å²) in [4.78, 5) is 27.9. The molecular weight excluding hydrogens is 240 g/mol. The molecule has 0 unspecified atom stereocenters. The summed E-state index contributed by atoms with van der Waals surface area (Å²) >= 11 is 1.56. The van der Waals surface area contributed by atoms with Crippen molar-refractivity contribution in [1.82, 2.24) is 9.88 Å². The summed E-state index contributed by atoms with van der Waals surface area (Å²) < 4.78 is 0. The number of amides is 1. The van der Waals surface area contributed by atoms with Gasteiger partial charge in [0.25, 0.3) is 0 Å². The van der Waals surface area contributed by atoms with Crippen LogP contribution in [-0.2, 0) is 16.0 Å². The van der Waals surface area contributed by atoms with E-state index in [1.165, 1.54) is 0 Å². The Labute approximate surface area is 104 Å². The number of aromatic nitrogens is 1. The highest BCUT2D eigenvalue weighted by Crippen LogP contribution is 2.07. The first-order valence-corrected chi connectivity index (χ1v) is 6.39. The fraction of sp³-hybridized carbons (Fsp3) is 0.545. The van der Waals surface area contributed by atoms with E-state index in [9.17, 15) is 9.59 Å². The number of thiazole rings is 1. The van der Waals surface area contributed by atoms with E-state index in [2.05, 4.69) is 4.98 Å². The lowest BCUT2D eigenvalue weighted by Gasteiger charge is -2.19. The van der Waals surface area contributed by atoms with Gasteiger partial charge in [-0.1, -0.05) is 0 Å². The average Bonchev–Trinajstić information content (AvgIpc) is 2.80. The van der Waals surface area contributed by atoms with Crippen molar-refractivity contribution in [1.29, 1.82) is 0 Å². The number of carboxylic acids is 1. The first kappa shape index (κ1) is 13.6. The second-order valence-electron chi connectivity index (χ2n) is 3.54. The highest BCUT2D eigenvalue weighted by atomic mass is 32.1. The minimum Gasteiger partial charge on any atom is -0.481 e. The number of carboxylic acid groups (broad SMARTS) is 1. The predicted octanol–water partition coefficient (Wildman–Crippen LogP) is 1.40. The van der Waals surface area contributed by atoms with Gasteiger partial charge in [0, 0.05) is 37.5 Å². The van der Waals surface area contributed by atoms with Crippen molar-refractivity contribution in [3.8, 4) is 0 Å². The Morgan fingerprint density at radius 3 is 2.76 bits per heavy atom. The number of rotatable bonds is 7. The van der Waals surface area contributed by atoms with Crippen LogP contribution in [0.4, 0.5) is 0 Å². The van der Waals surface area contributed by atoms with Crippen LogP contribution in [-0.4, -0.2) is 40.0 Å². The summed E-state index contributed by atoms with van der Waals surface area (Å²) in [6, 6.07) is 0. The van der Waals surface area contributed by atoms with Crippen LogP contribution in [0, 0.1) is 0 Å². The maximum atomic E-state index is 11.7. The molecule has 0 bridgehead atoms. The molecule has 5 nitrogen and oxygen atoms in total. The molecule has 1 rings (SSSR count). The largest absolute Gasteiger partial charge is 0.481 e. The molecule has 1 N–H and O–H groups in total. The van der Waals surface area contributed by atoms with E-state index in [4.69, 9.17) is 5.11 Å². The van der Waals surface area contributed by atoms with Crippen molar-refractivity contribution in [2.24, 2.45) is 0 Å². The third kappa shape index (κ3) is 4.95. The molecule has 1 heterocycles. The molecule has 17 heavy (non-hydrogen) atoms. The maximum Gasteiger partial charge on any atom is 0.303 e. The second-order valence-corrected chi connectivity index (χ2v) is 4.52. The Hall–Kier alpha value is -1.43. The minimum absolute atomic E-state index is 0.0705. The van der Waals surface area contributed by atoms with Crippen LogP contribution in [0.25, 0.3) is 0 Å². The number of carbonyl (C=O) groups excluding carboxylic acids is 1. The van der Waals surface area contributed by atoms with Crippen molar-refractivity contribution in [3.05, 3.63) is 16.6 Å². The molecule has 0 aliphatic rings. The van der Waals surface area contributed by atoms with Gasteiger partial charge in [0.15, 0.2) is 0 Å². The van der Waals surface area contributed by atoms with Crippen molar-refractivity contribution >= 4 is 23.2 Å². The second kappa shape index (κ2) is 7.01. The molecule has 0 saturated carbocycles. The van der Waals surface area contributed by atoms with Crippen LogP contribution in [0.5, 0.6) is 0 Å². The molecule has 0 aliphatic heterocycles. The maximum absolute atomic E-state index is 11.7. The van der Waals surface area contributed by atoms with Crippen molar-refractivity contribution in [2.45, 2.75) is 26.2 Å².